The minimum Gasteiger partial charge on any atom is -0.500 e. The highest BCUT2D eigenvalue weighted by Gasteiger charge is 2.32. The third kappa shape index (κ3) is 3.81. The van der Waals surface area contributed by atoms with Crippen LogP contribution in [0.3, 0.4) is 0 Å². The number of allylic oxidation sites excluding steroid dienone is 4. The molecule has 1 aromatic carbocycles. The van der Waals surface area contributed by atoms with Crippen molar-refractivity contribution in [1.29, 1.82) is 0 Å². The molecule has 0 radical (unpaired) electrons. The van der Waals surface area contributed by atoms with E-state index in [9.17, 15) is 14.0 Å². The van der Waals surface area contributed by atoms with Crippen molar-refractivity contribution in [2.24, 2.45) is 10.9 Å². The zero-order valence-corrected chi connectivity index (χ0v) is 15.0. The van der Waals surface area contributed by atoms with E-state index in [-0.39, 0.29) is 30.4 Å². The molecule has 0 saturated carbocycles. The molecule has 2 aliphatic rings. The van der Waals surface area contributed by atoms with Gasteiger partial charge in [-0.15, -0.1) is 0 Å². The second-order valence-corrected chi connectivity index (χ2v) is 5.97. The largest absolute Gasteiger partial charge is 0.500 e. The Balaban J connectivity index is 1.68. The molecule has 0 spiro atoms. The summed E-state index contributed by atoms with van der Waals surface area (Å²) in [4.78, 5) is 28.5. The number of rotatable bonds is 6. The maximum absolute atomic E-state index is 13.6. The van der Waals surface area contributed by atoms with E-state index in [2.05, 4.69) is 10.3 Å². The highest BCUT2D eigenvalue weighted by Crippen LogP contribution is 2.30. The fourth-order valence-electron chi connectivity index (χ4n) is 2.98. The number of ether oxygens (including phenoxy) is 2. The quantitative estimate of drug-likeness (QED) is 0.835. The van der Waals surface area contributed by atoms with Gasteiger partial charge in [-0.05, 0) is 30.7 Å². The standard InChI is InChI=1S/C20H19FN2O4/c1-26-16-7-8-17(27-2)18-14(16)11-12(19(24)23-18)9-10-22-20(25)13-5-3-4-6-15(13)21/h3-8,11,14H,9-10H2,1-2H3,(H,22,25). The number of carbonyl (C=O) groups is 2. The summed E-state index contributed by atoms with van der Waals surface area (Å²) in [6, 6.07) is 5.73. The van der Waals surface area contributed by atoms with Crippen molar-refractivity contribution in [3.63, 3.8) is 0 Å². The number of nitrogens with one attached hydrogen (secondary N) is 1. The lowest BCUT2D eigenvalue weighted by molar-refractivity contribution is -0.114. The van der Waals surface area contributed by atoms with Crippen LogP contribution in [0.5, 0.6) is 0 Å². The lowest BCUT2D eigenvalue weighted by Gasteiger charge is -2.26. The molecule has 1 heterocycles. The Labute approximate surface area is 156 Å². The van der Waals surface area contributed by atoms with Crippen LogP contribution in [0.1, 0.15) is 16.8 Å². The van der Waals surface area contributed by atoms with E-state index >= 15 is 0 Å². The van der Waals surface area contributed by atoms with Crippen LogP contribution >= 0.6 is 0 Å². The van der Waals surface area contributed by atoms with Crippen LogP contribution in [0.4, 0.5) is 4.39 Å². The molecule has 7 heteroatoms. The maximum Gasteiger partial charge on any atom is 0.273 e. The van der Waals surface area contributed by atoms with Crippen LogP contribution in [-0.2, 0) is 14.3 Å². The first-order valence-electron chi connectivity index (χ1n) is 8.41. The predicted molar refractivity (Wildman–Crippen MR) is 97.5 cm³/mol. The van der Waals surface area contributed by atoms with Gasteiger partial charge in [-0.25, -0.2) is 9.38 Å². The Morgan fingerprint density at radius 3 is 2.70 bits per heavy atom. The monoisotopic (exact) mass is 370 g/mol. The number of amides is 2. The first-order valence-corrected chi connectivity index (χ1v) is 8.41. The van der Waals surface area contributed by atoms with E-state index in [1.54, 1.807) is 31.4 Å². The second kappa shape index (κ2) is 7.99. The number of nitrogens with zero attached hydrogens (tertiary/aromatic N) is 1. The molecule has 1 aliphatic carbocycles. The van der Waals surface area contributed by atoms with Crippen LogP contribution in [-0.4, -0.2) is 38.3 Å². The summed E-state index contributed by atoms with van der Waals surface area (Å²) in [7, 11) is 3.06. The van der Waals surface area contributed by atoms with E-state index in [0.29, 0.717) is 22.8 Å². The average Bonchev–Trinajstić information content (AvgIpc) is 2.67. The molecule has 6 nitrogen and oxygen atoms in total. The molecule has 2 amide bonds. The van der Waals surface area contributed by atoms with Gasteiger partial charge in [0.15, 0.2) is 0 Å². The number of hydrogen-bond acceptors (Lipinski definition) is 4. The van der Waals surface area contributed by atoms with Crippen molar-refractivity contribution in [1.82, 2.24) is 5.32 Å². The molecular formula is C20H19FN2O4. The Morgan fingerprint density at radius 1 is 1.22 bits per heavy atom. The highest BCUT2D eigenvalue weighted by molar-refractivity contribution is 6.15. The summed E-state index contributed by atoms with van der Waals surface area (Å²) in [6.07, 6.45) is 5.51. The fraction of sp³-hybridized carbons (Fsp3) is 0.250. The maximum atomic E-state index is 13.6. The Morgan fingerprint density at radius 2 is 2.00 bits per heavy atom. The molecule has 1 N–H and O–H groups in total. The molecule has 3 rings (SSSR count). The van der Waals surface area contributed by atoms with Gasteiger partial charge in [0.2, 0.25) is 0 Å². The zero-order chi connectivity index (χ0) is 19.4. The minimum absolute atomic E-state index is 0.0338. The van der Waals surface area contributed by atoms with Crippen molar-refractivity contribution in [3.05, 3.63) is 71.0 Å². The molecule has 1 aliphatic heterocycles. The molecular weight excluding hydrogens is 351 g/mol. The number of benzene rings is 1. The molecule has 1 unspecified atom stereocenters. The third-order valence-corrected chi connectivity index (χ3v) is 4.37. The van der Waals surface area contributed by atoms with Crippen molar-refractivity contribution >= 4 is 17.5 Å². The van der Waals surface area contributed by atoms with Gasteiger partial charge in [-0.1, -0.05) is 18.2 Å². The van der Waals surface area contributed by atoms with Gasteiger partial charge < -0.3 is 14.8 Å². The lowest BCUT2D eigenvalue weighted by atomic mass is 9.89. The SMILES string of the molecule is COC1=CC=C(OC)C2C=C(CCNC(=O)c3ccccc3F)C(=O)N=C12. The van der Waals surface area contributed by atoms with Gasteiger partial charge in [0.25, 0.3) is 11.8 Å². The fourth-order valence-corrected chi connectivity index (χ4v) is 2.98. The van der Waals surface area contributed by atoms with E-state index in [1.165, 1.54) is 25.3 Å². The van der Waals surface area contributed by atoms with Gasteiger partial charge in [-0.2, -0.15) is 0 Å². The summed E-state index contributed by atoms with van der Waals surface area (Å²) in [5, 5.41) is 2.62. The smallest absolute Gasteiger partial charge is 0.273 e. The molecule has 1 aromatic rings. The summed E-state index contributed by atoms with van der Waals surface area (Å²) in [6.45, 7) is 0.182. The number of aliphatic imine (C=N–C) groups is 1. The summed E-state index contributed by atoms with van der Waals surface area (Å²) >= 11 is 0. The van der Waals surface area contributed by atoms with Crippen LogP contribution < -0.4 is 5.32 Å². The first-order chi connectivity index (χ1) is 13.0. The topological polar surface area (TPSA) is 77.0 Å². The third-order valence-electron chi connectivity index (χ3n) is 4.37. The van der Waals surface area contributed by atoms with Crippen LogP contribution in [0.25, 0.3) is 0 Å². The molecule has 1 atom stereocenters. The number of dihydropyridines is 1. The van der Waals surface area contributed by atoms with Crippen molar-refractivity contribution in [2.45, 2.75) is 6.42 Å². The molecule has 0 bridgehead atoms. The van der Waals surface area contributed by atoms with Crippen LogP contribution in [0.15, 0.2) is 64.6 Å². The number of carbonyl (C=O) groups excluding carboxylic acids is 2. The Hall–Kier alpha value is -3.22. The van der Waals surface area contributed by atoms with E-state index < -0.39 is 11.7 Å². The molecule has 27 heavy (non-hydrogen) atoms. The van der Waals surface area contributed by atoms with Crippen LogP contribution in [0.2, 0.25) is 0 Å². The predicted octanol–water partition coefficient (Wildman–Crippen LogP) is 2.54. The van der Waals surface area contributed by atoms with Gasteiger partial charge in [0.05, 0.1) is 25.7 Å². The molecule has 0 fully saturated rings. The average molecular weight is 370 g/mol. The molecule has 0 aromatic heterocycles. The zero-order valence-electron chi connectivity index (χ0n) is 15.0. The number of fused-ring (bicyclic) bond motifs is 1. The summed E-state index contributed by atoms with van der Waals surface area (Å²) in [5.74, 6) is -0.659. The molecule has 0 saturated heterocycles. The van der Waals surface area contributed by atoms with Gasteiger partial charge >= 0.3 is 0 Å². The molecule has 140 valence electrons. The Bertz CT molecular complexity index is 899. The first kappa shape index (κ1) is 18.6. The summed E-state index contributed by atoms with van der Waals surface area (Å²) in [5.41, 5.74) is 0.924. The number of hydrogen-bond donors (Lipinski definition) is 1. The summed E-state index contributed by atoms with van der Waals surface area (Å²) < 4.78 is 24.3. The van der Waals surface area contributed by atoms with Gasteiger partial charge in [0.1, 0.15) is 23.0 Å². The lowest BCUT2D eigenvalue weighted by Crippen LogP contribution is -2.30. The minimum atomic E-state index is -0.590. The van der Waals surface area contributed by atoms with Crippen molar-refractivity contribution in [3.8, 4) is 0 Å². The normalized spacial score (nSPS) is 18.5. The Kier molecular flexibility index (Phi) is 5.49. The van der Waals surface area contributed by atoms with Crippen LogP contribution in [0, 0.1) is 11.7 Å². The van der Waals surface area contributed by atoms with E-state index in [0.717, 1.165) is 0 Å². The van der Waals surface area contributed by atoms with E-state index in [1.807, 2.05) is 0 Å². The van der Waals surface area contributed by atoms with Gasteiger partial charge in [-0.3, -0.25) is 9.59 Å². The van der Waals surface area contributed by atoms with Gasteiger partial charge in [0, 0.05) is 12.1 Å². The second-order valence-electron chi connectivity index (χ2n) is 5.97. The highest BCUT2D eigenvalue weighted by atomic mass is 19.1. The van der Waals surface area contributed by atoms with E-state index in [4.69, 9.17) is 9.47 Å². The van der Waals surface area contributed by atoms with Crippen molar-refractivity contribution in [2.75, 3.05) is 20.8 Å². The number of halogens is 1. The number of methoxy groups -OCH3 is 2. The van der Waals surface area contributed by atoms with Crippen molar-refractivity contribution < 1.29 is 23.5 Å².